The van der Waals surface area contributed by atoms with Crippen LogP contribution in [0.5, 0.6) is 11.5 Å². The predicted molar refractivity (Wildman–Crippen MR) is 75.2 cm³/mol. The van der Waals surface area contributed by atoms with Crippen molar-refractivity contribution in [2.45, 2.75) is 17.6 Å². The summed E-state index contributed by atoms with van der Waals surface area (Å²) in [7, 11) is 0. The number of nitrogens with one attached hydrogen (secondary N) is 1. The molecule has 0 spiro atoms. The van der Waals surface area contributed by atoms with Gasteiger partial charge in [-0.3, -0.25) is 4.79 Å². The van der Waals surface area contributed by atoms with Crippen LogP contribution in [0.1, 0.15) is 23.2 Å². The van der Waals surface area contributed by atoms with Crippen LogP contribution in [0.3, 0.4) is 0 Å². The normalized spacial score (nSPS) is 19.7. The number of aromatic nitrogens is 2. The monoisotopic (exact) mass is 288 g/mol. The van der Waals surface area contributed by atoms with Gasteiger partial charge in [0.05, 0.1) is 5.69 Å². The summed E-state index contributed by atoms with van der Waals surface area (Å²) in [6.45, 7) is 0.353. The van der Waals surface area contributed by atoms with E-state index in [9.17, 15) is 4.79 Å². The highest BCUT2D eigenvalue weighted by atomic mass is 32.2. The lowest BCUT2D eigenvalue weighted by atomic mass is 10.2. The predicted octanol–water partition coefficient (Wildman–Crippen LogP) is 2.03. The summed E-state index contributed by atoms with van der Waals surface area (Å²) in [6.07, 6.45) is -0.367. The summed E-state index contributed by atoms with van der Waals surface area (Å²) in [4.78, 5) is 19.4. The fourth-order valence-electron chi connectivity index (χ4n) is 2.39. The Morgan fingerprint density at radius 2 is 2.10 bits per heavy atom. The number of para-hydroxylation sites is 2. The first kappa shape index (κ1) is 11.8. The number of hydrogen-bond donors (Lipinski definition) is 1. The summed E-state index contributed by atoms with van der Waals surface area (Å²) < 4.78 is 11.5. The number of fused-ring (bicyclic) bond motifs is 2. The number of rotatable bonds is 1. The molecule has 2 aliphatic rings. The number of thioether (sulfide) groups is 1. The molecule has 6 heteroatoms. The zero-order valence-electron chi connectivity index (χ0n) is 10.6. The van der Waals surface area contributed by atoms with Crippen molar-refractivity contribution >= 4 is 11.8 Å². The van der Waals surface area contributed by atoms with E-state index in [2.05, 4.69) is 9.97 Å². The highest BCUT2D eigenvalue weighted by Gasteiger charge is 2.26. The SMILES string of the molecule is O=c1[nH]c(C2COc3ccccc3O2)nc2c1CSC2. The number of aromatic amines is 1. The van der Waals surface area contributed by atoms with Gasteiger partial charge in [-0.2, -0.15) is 11.8 Å². The minimum absolute atomic E-state index is 0.0579. The highest BCUT2D eigenvalue weighted by Crippen LogP contribution is 2.35. The second kappa shape index (κ2) is 4.56. The van der Waals surface area contributed by atoms with E-state index in [0.29, 0.717) is 18.2 Å². The van der Waals surface area contributed by atoms with Crippen molar-refractivity contribution in [1.82, 2.24) is 9.97 Å². The lowest BCUT2D eigenvalue weighted by Gasteiger charge is -2.25. The number of H-pyrrole nitrogens is 1. The molecule has 0 saturated carbocycles. The molecule has 1 aromatic carbocycles. The Hall–Kier alpha value is -1.95. The van der Waals surface area contributed by atoms with Gasteiger partial charge in [0.15, 0.2) is 23.4 Å². The molecular formula is C14H12N2O3S. The zero-order valence-corrected chi connectivity index (χ0v) is 11.4. The van der Waals surface area contributed by atoms with Crippen molar-refractivity contribution in [2.24, 2.45) is 0 Å². The van der Waals surface area contributed by atoms with Crippen molar-refractivity contribution in [3.8, 4) is 11.5 Å². The standard InChI is InChI=1S/C14H12N2O3S/c17-14-8-6-20-7-9(8)15-13(16-14)12-5-18-10-3-1-2-4-11(10)19-12/h1-4,12H,5-7H2,(H,15,16,17). The van der Waals surface area contributed by atoms with Crippen molar-refractivity contribution in [3.05, 3.63) is 51.7 Å². The molecule has 20 heavy (non-hydrogen) atoms. The highest BCUT2D eigenvalue weighted by molar-refractivity contribution is 7.98. The van der Waals surface area contributed by atoms with Crippen LogP contribution < -0.4 is 15.0 Å². The van der Waals surface area contributed by atoms with Crippen LogP contribution in [0, 0.1) is 0 Å². The minimum Gasteiger partial charge on any atom is -0.485 e. The van der Waals surface area contributed by atoms with Gasteiger partial charge in [0.25, 0.3) is 5.56 Å². The van der Waals surface area contributed by atoms with Gasteiger partial charge in [-0.15, -0.1) is 0 Å². The Morgan fingerprint density at radius 3 is 3.00 bits per heavy atom. The smallest absolute Gasteiger partial charge is 0.255 e. The van der Waals surface area contributed by atoms with Crippen LogP contribution in [-0.4, -0.2) is 16.6 Å². The van der Waals surface area contributed by atoms with E-state index in [1.165, 1.54) is 0 Å². The summed E-state index contributed by atoms with van der Waals surface area (Å²) in [5, 5.41) is 0. The fraction of sp³-hybridized carbons (Fsp3) is 0.286. The molecule has 0 aliphatic carbocycles. The third-order valence-electron chi connectivity index (χ3n) is 3.42. The molecule has 3 heterocycles. The molecule has 102 valence electrons. The molecule has 4 rings (SSSR count). The van der Waals surface area contributed by atoms with Crippen LogP contribution >= 0.6 is 11.8 Å². The number of benzene rings is 1. The Bertz CT molecular complexity index is 729. The minimum atomic E-state index is -0.367. The lowest BCUT2D eigenvalue weighted by molar-refractivity contribution is 0.0847. The summed E-state index contributed by atoms with van der Waals surface area (Å²) >= 11 is 1.71. The van der Waals surface area contributed by atoms with Crippen molar-refractivity contribution in [2.75, 3.05) is 6.61 Å². The van der Waals surface area contributed by atoms with E-state index in [1.807, 2.05) is 24.3 Å². The van der Waals surface area contributed by atoms with E-state index < -0.39 is 0 Å². The van der Waals surface area contributed by atoms with Gasteiger partial charge >= 0.3 is 0 Å². The summed E-state index contributed by atoms with van der Waals surface area (Å²) in [5.41, 5.74) is 1.60. The van der Waals surface area contributed by atoms with Gasteiger partial charge in [0.1, 0.15) is 6.61 Å². The van der Waals surface area contributed by atoms with E-state index in [-0.39, 0.29) is 11.7 Å². The summed E-state index contributed by atoms with van der Waals surface area (Å²) in [6, 6.07) is 7.50. The molecule has 2 aliphatic heterocycles. The third kappa shape index (κ3) is 1.87. The molecular weight excluding hydrogens is 276 g/mol. The largest absolute Gasteiger partial charge is 0.485 e. The fourth-order valence-corrected chi connectivity index (χ4v) is 3.42. The first-order valence-corrected chi connectivity index (χ1v) is 7.55. The lowest BCUT2D eigenvalue weighted by Crippen LogP contribution is -2.27. The maximum atomic E-state index is 12.0. The van der Waals surface area contributed by atoms with Crippen LogP contribution in [0.15, 0.2) is 29.1 Å². The molecule has 5 nitrogen and oxygen atoms in total. The van der Waals surface area contributed by atoms with Crippen molar-refractivity contribution in [3.63, 3.8) is 0 Å². The van der Waals surface area contributed by atoms with Gasteiger partial charge in [-0.1, -0.05) is 12.1 Å². The number of hydrogen-bond acceptors (Lipinski definition) is 5. The molecule has 1 aromatic heterocycles. The quantitative estimate of drug-likeness (QED) is 0.870. The van der Waals surface area contributed by atoms with Gasteiger partial charge in [-0.05, 0) is 12.1 Å². The van der Waals surface area contributed by atoms with Crippen LogP contribution in [0.25, 0.3) is 0 Å². The van der Waals surface area contributed by atoms with Gasteiger partial charge in [0, 0.05) is 17.1 Å². The number of nitrogens with zero attached hydrogens (tertiary/aromatic N) is 1. The maximum absolute atomic E-state index is 12.0. The van der Waals surface area contributed by atoms with Crippen LogP contribution in [0.4, 0.5) is 0 Å². The van der Waals surface area contributed by atoms with Gasteiger partial charge in [-0.25, -0.2) is 4.98 Å². The first-order chi connectivity index (χ1) is 9.81. The summed E-state index contributed by atoms with van der Waals surface area (Å²) in [5.74, 6) is 3.48. The topological polar surface area (TPSA) is 64.2 Å². The molecule has 0 fully saturated rings. The Kier molecular flexibility index (Phi) is 2.70. The second-order valence-corrected chi connectivity index (χ2v) is 5.72. The molecule has 0 radical (unpaired) electrons. The molecule has 1 unspecified atom stereocenters. The van der Waals surface area contributed by atoms with Crippen LogP contribution in [0.2, 0.25) is 0 Å². The van der Waals surface area contributed by atoms with Gasteiger partial charge < -0.3 is 14.5 Å². The van der Waals surface area contributed by atoms with Crippen molar-refractivity contribution in [1.29, 1.82) is 0 Å². The maximum Gasteiger partial charge on any atom is 0.255 e. The molecule has 0 saturated heterocycles. The van der Waals surface area contributed by atoms with Crippen molar-refractivity contribution < 1.29 is 9.47 Å². The third-order valence-corrected chi connectivity index (χ3v) is 4.39. The van der Waals surface area contributed by atoms with Gasteiger partial charge in [0.2, 0.25) is 0 Å². The molecule has 1 atom stereocenters. The molecule has 1 N–H and O–H groups in total. The van der Waals surface area contributed by atoms with E-state index in [1.54, 1.807) is 11.8 Å². The molecule has 0 amide bonds. The first-order valence-electron chi connectivity index (χ1n) is 6.39. The average molecular weight is 288 g/mol. The second-order valence-electron chi connectivity index (χ2n) is 4.73. The Balaban J connectivity index is 1.70. The van der Waals surface area contributed by atoms with E-state index in [0.717, 1.165) is 28.5 Å². The molecule has 2 aromatic rings. The van der Waals surface area contributed by atoms with E-state index in [4.69, 9.17) is 9.47 Å². The molecule has 0 bridgehead atoms. The van der Waals surface area contributed by atoms with Crippen LogP contribution in [-0.2, 0) is 11.5 Å². The number of ether oxygens (including phenoxy) is 2. The zero-order chi connectivity index (χ0) is 13.5. The van der Waals surface area contributed by atoms with E-state index >= 15 is 0 Å². The Labute approximate surface area is 119 Å². The Morgan fingerprint density at radius 1 is 1.25 bits per heavy atom. The average Bonchev–Trinajstić information content (AvgIpc) is 2.96.